The molecule has 1 aliphatic rings. The van der Waals surface area contributed by atoms with Crippen LogP contribution in [0.5, 0.6) is 0 Å². The summed E-state index contributed by atoms with van der Waals surface area (Å²) in [4.78, 5) is 33.0. The average molecular weight is 320 g/mol. The summed E-state index contributed by atoms with van der Waals surface area (Å²) in [6.07, 6.45) is 4.50. The molecule has 2 aromatic rings. The highest BCUT2D eigenvalue weighted by Gasteiger charge is 2.23. The lowest BCUT2D eigenvalue weighted by molar-refractivity contribution is 0.169. The van der Waals surface area contributed by atoms with Crippen LogP contribution in [-0.4, -0.2) is 30.3 Å². The largest absolute Gasteiger partial charge is 0.392 e. The minimum atomic E-state index is -0.759. The second-order valence-corrected chi connectivity index (χ2v) is 6.50. The van der Waals surface area contributed by atoms with Crippen molar-refractivity contribution in [1.82, 2.24) is 19.1 Å². The van der Waals surface area contributed by atoms with Gasteiger partial charge in [-0.05, 0) is 26.2 Å². The predicted molar refractivity (Wildman–Crippen MR) is 87.8 cm³/mol. The standard InChI is InChI=1S/C16H24N4O3/c1-3-8-19-14-12(15(22)20(16(19)23)9-10(2)21)17-13(18-14)11-6-4-5-7-11/h10-11,21H,3-9H2,1-2H3,(H,17,18). The van der Waals surface area contributed by atoms with Crippen molar-refractivity contribution in [1.29, 1.82) is 0 Å². The lowest BCUT2D eigenvalue weighted by Crippen LogP contribution is -2.42. The molecule has 0 radical (unpaired) electrons. The molecule has 0 aliphatic heterocycles. The highest BCUT2D eigenvalue weighted by atomic mass is 16.3. The van der Waals surface area contributed by atoms with E-state index < -0.39 is 17.4 Å². The van der Waals surface area contributed by atoms with E-state index in [1.165, 1.54) is 12.8 Å². The number of hydrogen-bond acceptors (Lipinski definition) is 4. The van der Waals surface area contributed by atoms with E-state index in [1.54, 1.807) is 11.5 Å². The van der Waals surface area contributed by atoms with Gasteiger partial charge >= 0.3 is 5.69 Å². The van der Waals surface area contributed by atoms with E-state index >= 15 is 0 Å². The molecule has 23 heavy (non-hydrogen) atoms. The number of fused-ring (bicyclic) bond motifs is 1. The van der Waals surface area contributed by atoms with E-state index in [1.807, 2.05) is 6.92 Å². The average Bonchev–Trinajstić information content (AvgIpc) is 3.16. The monoisotopic (exact) mass is 320 g/mol. The molecule has 0 amide bonds. The van der Waals surface area contributed by atoms with Gasteiger partial charge in [0, 0.05) is 12.5 Å². The number of nitrogens with one attached hydrogen (secondary N) is 1. The molecule has 7 nitrogen and oxygen atoms in total. The molecule has 1 aliphatic carbocycles. The summed E-state index contributed by atoms with van der Waals surface area (Å²) in [6.45, 7) is 4.05. The molecule has 2 heterocycles. The lowest BCUT2D eigenvalue weighted by atomic mass is 10.1. The Hall–Kier alpha value is -1.89. The zero-order valence-electron chi connectivity index (χ0n) is 13.7. The highest BCUT2D eigenvalue weighted by molar-refractivity contribution is 5.70. The van der Waals surface area contributed by atoms with Crippen molar-refractivity contribution in [2.24, 2.45) is 0 Å². The van der Waals surface area contributed by atoms with Crippen LogP contribution in [0, 0.1) is 0 Å². The van der Waals surface area contributed by atoms with Gasteiger partial charge in [-0.2, -0.15) is 0 Å². The molecule has 2 N–H and O–H groups in total. The number of hydrogen-bond donors (Lipinski definition) is 2. The van der Waals surface area contributed by atoms with Gasteiger partial charge in [0.15, 0.2) is 5.65 Å². The fraction of sp³-hybridized carbons (Fsp3) is 0.688. The fourth-order valence-electron chi connectivity index (χ4n) is 3.43. The summed E-state index contributed by atoms with van der Waals surface area (Å²) in [5, 5.41) is 9.59. The van der Waals surface area contributed by atoms with Crippen LogP contribution in [-0.2, 0) is 13.1 Å². The Morgan fingerprint density at radius 3 is 2.61 bits per heavy atom. The molecule has 0 aromatic carbocycles. The molecule has 1 saturated carbocycles. The van der Waals surface area contributed by atoms with Gasteiger partial charge in [0.1, 0.15) is 11.3 Å². The predicted octanol–water partition coefficient (Wildman–Crippen LogP) is 1.33. The SMILES string of the molecule is CCCn1c(=O)n(CC(C)O)c(=O)c2[nH]c(C3CCCC3)nc21. The maximum absolute atomic E-state index is 12.6. The Morgan fingerprint density at radius 2 is 2.00 bits per heavy atom. The number of aromatic amines is 1. The summed E-state index contributed by atoms with van der Waals surface area (Å²) >= 11 is 0. The maximum Gasteiger partial charge on any atom is 0.332 e. The quantitative estimate of drug-likeness (QED) is 0.869. The third-order valence-electron chi connectivity index (χ3n) is 4.52. The van der Waals surface area contributed by atoms with E-state index in [0.29, 0.717) is 23.6 Å². The first-order chi connectivity index (χ1) is 11.0. The van der Waals surface area contributed by atoms with Crippen molar-refractivity contribution in [2.45, 2.75) is 71.1 Å². The van der Waals surface area contributed by atoms with E-state index in [4.69, 9.17) is 0 Å². The minimum Gasteiger partial charge on any atom is -0.392 e. The van der Waals surface area contributed by atoms with Gasteiger partial charge in [-0.1, -0.05) is 19.8 Å². The maximum atomic E-state index is 12.6. The molecule has 1 fully saturated rings. The van der Waals surface area contributed by atoms with Crippen molar-refractivity contribution in [3.05, 3.63) is 26.7 Å². The Labute approximate surface area is 134 Å². The van der Waals surface area contributed by atoms with Crippen LogP contribution in [0.4, 0.5) is 0 Å². The number of nitrogens with zero attached hydrogens (tertiary/aromatic N) is 3. The second kappa shape index (κ2) is 6.31. The summed E-state index contributed by atoms with van der Waals surface area (Å²) < 4.78 is 2.66. The Morgan fingerprint density at radius 1 is 1.30 bits per heavy atom. The smallest absolute Gasteiger partial charge is 0.332 e. The summed E-state index contributed by atoms with van der Waals surface area (Å²) in [5.41, 5.74) is 0.0379. The molecule has 0 saturated heterocycles. The molecular formula is C16H24N4O3. The number of aliphatic hydroxyl groups is 1. The Kier molecular flexibility index (Phi) is 4.39. The van der Waals surface area contributed by atoms with E-state index in [0.717, 1.165) is 29.7 Å². The molecule has 126 valence electrons. The molecular weight excluding hydrogens is 296 g/mol. The summed E-state index contributed by atoms with van der Waals surface area (Å²) in [5.74, 6) is 1.16. The van der Waals surface area contributed by atoms with Crippen LogP contribution in [0.15, 0.2) is 9.59 Å². The zero-order valence-corrected chi connectivity index (χ0v) is 13.7. The molecule has 7 heteroatoms. The van der Waals surface area contributed by atoms with E-state index in [2.05, 4.69) is 9.97 Å². The van der Waals surface area contributed by atoms with E-state index in [9.17, 15) is 14.7 Å². The van der Waals surface area contributed by atoms with Crippen molar-refractivity contribution >= 4 is 11.2 Å². The molecule has 1 unspecified atom stereocenters. The third-order valence-corrected chi connectivity index (χ3v) is 4.52. The van der Waals surface area contributed by atoms with Gasteiger partial charge in [0.2, 0.25) is 0 Å². The van der Waals surface area contributed by atoms with Gasteiger partial charge < -0.3 is 10.1 Å². The Bertz CT molecular complexity index is 809. The minimum absolute atomic E-state index is 0.00486. The number of rotatable bonds is 5. The molecule has 0 bridgehead atoms. The van der Waals surface area contributed by atoms with Gasteiger partial charge in [0.25, 0.3) is 5.56 Å². The van der Waals surface area contributed by atoms with Crippen LogP contribution in [0.25, 0.3) is 11.2 Å². The number of aryl methyl sites for hydroxylation is 1. The van der Waals surface area contributed by atoms with Gasteiger partial charge in [0.05, 0.1) is 12.6 Å². The van der Waals surface area contributed by atoms with Gasteiger partial charge in [-0.15, -0.1) is 0 Å². The molecule has 3 rings (SSSR count). The lowest BCUT2D eigenvalue weighted by Gasteiger charge is -2.11. The number of imidazole rings is 1. The van der Waals surface area contributed by atoms with Crippen molar-refractivity contribution in [3.63, 3.8) is 0 Å². The summed E-state index contributed by atoms with van der Waals surface area (Å²) in [7, 11) is 0. The van der Waals surface area contributed by atoms with Crippen molar-refractivity contribution < 1.29 is 5.11 Å². The number of aromatic nitrogens is 4. The Balaban J connectivity index is 2.22. The first-order valence-electron chi connectivity index (χ1n) is 8.44. The molecule has 0 spiro atoms. The zero-order chi connectivity index (χ0) is 16.6. The van der Waals surface area contributed by atoms with Crippen molar-refractivity contribution in [3.8, 4) is 0 Å². The first kappa shape index (κ1) is 16.0. The number of aliphatic hydroxyl groups excluding tert-OH is 1. The molecule has 1 atom stereocenters. The van der Waals surface area contributed by atoms with Crippen LogP contribution in [0.3, 0.4) is 0 Å². The first-order valence-corrected chi connectivity index (χ1v) is 8.44. The highest BCUT2D eigenvalue weighted by Crippen LogP contribution is 2.32. The van der Waals surface area contributed by atoms with Crippen LogP contribution in [0.1, 0.15) is 57.7 Å². The van der Waals surface area contributed by atoms with Crippen LogP contribution in [0.2, 0.25) is 0 Å². The summed E-state index contributed by atoms with van der Waals surface area (Å²) in [6, 6.07) is 0. The topological polar surface area (TPSA) is 92.9 Å². The van der Waals surface area contributed by atoms with E-state index in [-0.39, 0.29) is 6.54 Å². The number of H-pyrrole nitrogens is 1. The van der Waals surface area contributed by atoms with Gasteiger partial charge in [-0.3, -0.25) is 13.9 Å². The van der Waals surface area contributed by atoms with Gasteiger partial charge in [-0.25, -0.2) is 9.78 Å². The van der Waals surface area contributed by atoms with Crippen LogP contribution < -0.4 is 11.2 Å². The second-order valence-electron chi connectivity index (χ2n) is 6.50. The fourth-order valence-corrected chi connectivity index (χ4v) is 3.43. The van der Waals surface area contributed by atoms with Crippen LogP contribution >= 0.6 is 0 Å². The normalized spacial score (nSPS) is 17.2. The molecule has 2 aromatic heterocycles. The van der Waals surface area contributed by atoms with Crippen molar-refractivity contribution in [2.75, 3.05) is 0 Å². The third kappa shape index (κ3) is 2.85.